The molecular weight excluding hydrogens is 266 g/mol. The van der Waals surface area contributed by atoms with Gasteiger partial charge in [0.15, 0.2) is 0 Å². The lowest BCUT2D eigenvalue weighted by molar-refractivity contribution is 0.0543. The van der Waals surface area contributed by atoms with Gasteiger partial charge in [-0.2, -0.15) is 5.10 Å². The van der Waals surface area contributed by atoms with Crippen LogP contribution in [0.3, 0.4) is 0 Å². The molecule has 1 aromatic heterocycles. The van der Waals surface area contributed by atoms with E-state index in [1.54, 1.807) is 24.9 Å². The predicted octanol–water partition coefficient (Wildman–Crippen LogP) is 1.99. The SMILES string of the molecule is COc1ccc(C(C)NCC(C)(O)c2cnn(C)c2)cc1. The summed E-state index contributed by atoms with van der Waals surface area (Å²) in [5.74, 6) is 0.841. The number of aromatic nitrogens is 2. The van der Waals surface area contributed by atoms with Gasteiger partial charge in [-0.1, -0.05) is 12.1 Å². The summed E-state index contributed by atoms with van der Waals surface area (Å²) in [4.78, 5) is 0. The third-order valence-electron chi connectivity index (χ3n) is 3.70. The molecule has 0 radical (unpaired) electrons. The molecule has 0 fully saturated rings. The summed E-state index contributed by atoms with van der Waals surface area (Å²) in [6.45, 7) is 4.31. The van der Waals surface area contributed by atoms with Crippen molar-refractivity contribution >= 4 is 0 Å². The zero-order valence-electron chi connectivity index (χ0n) is 13.0. The van der Waals surface area contributed by atoms with Crippen molar-refractivity contribution in [1.82, 2.24) is 15.1 Å². The summed E-state index contributed by atoms with van der Waals surface area (Å²) in [5.41, 5.74) is 1.01. The number of aryl methyl sites for hydroxylation is 1. The minimum absolute atomic E-state index is 0.138. The highest BCUT2D eigenvalue weighted by Crippen LogP contribution is 2.21. The van der Waals surface area contributed by atoms with E-state index in [0.717, 1.165) is 16.9 Å². The van der Waals surface area contributed by atoms with Gasteiger partial charge in [0.25, 0.3) is 0 Å². The van der Waals surface area contributed by atoms with E-state index in [1.807, 2.05) is 37.5 Å². The van der Waals surface area contributed by atoms with Crippen LogP contribution >= 0.6 is 0 Å². The van der Waals surface area contributed by atoms with Gasteiger partial charge in [0.2, 0.25) is 0 Å². The van der Waals surface area contributed by atoms with Crippen LogP contribution in [0.2, 0.25) is 0 Å². The van der Waals surface area contributed by atoms with E-state index in [1.165, 1.54) is 0 Å². The number of nitrogens with one attached hydrogen (secondary N) is 1. The smallest absolute Gasteiger partial charge is 0.118 e. The summed E-state index contributed by atoms with van der Waals surface area (Å²) < 4.78 is 6.84. The quantitative estimate of drug-likeness (QED) is 0.854. The minimum Gasteiger partial charge on any atom is -0.497 e. The summed E-state index contributed by atoms with van der Waals surface area (Å²) in [7, 11) is 3.49. The maximum Gasteiger partial charge on any atom is 0.118 e. The van der Waals surface area contributed by atoms with Crippen LogP contribution in [0.25, 0.3) is 0 Å². The summed E-state index contributed by atoms with van der Waals surface area (Å²) in [6, 6.07) is 8.06. The number of methoxy groups -OCH3 is 1. The van der Waals surface area contributed by atoms with Crippen molar-refractivity contribution in [2.24, 2.45) is 7.05 Å². The first-order valence-corrected chi connectivity index (χ1v) is 7.01. The van der Waals surface area contributed by atoms with Gasteiger partial charge in [0.1, 0.15) is 11.4 Å². The Hall–Kier alpha value is -1.85. The van der Waals surface area contributed by atoms with Gasteiger partial charge in [-0.05, 0) is 31.5 Å². The molecule has 2 rings (SSSR count). The molecule has 0 amide bonds. The lowest BCUT2D eigenvalue weighted by Gasteiger charge is -2.25. The zero-order valence-corrected chi connectivity index (χ0v) is 13.0. The number of nitrogens with zero attached hydrogens (tertiary/aromatic N) is 2. The Kier molecular flexibility index (Phi) is 4.65. The van der Waals surface area contributed by atoms with Crippen molar-refractivity contribution in [3.63, 3.8) is 0 Å². The number of benzene rings is 1. The fourth-order valence-electron chi connectivity index (χ4n) is 2.16. The normalized spacial score (nSPS) is 15.5. The zero-order chi connectivity index (χ0) is 15.5. The van der Waals surface area contributed by atoms with Gasteiger partial charge in [0, 0.05) is 31.4 Å². The van der Waals surface area contributed by atoms with E-state index in [2.05, 4.69) is 17.3 Å². The molecule has 114 valence electrons. The van der Waals surface area contributed by atoms with E-state index in [4.69, 9.17) is 4.74 Å². The van der Waals surface area contributed by atoms with Crippen molar-refractivity contribution in [3.05, 3.63) is 47.8 Å². The third kappa shape index (κ3) is 3.83. The predicted molar refractivity (Wildman–Crippen MR) is 82.2 cm³/mol. The molecule has 0 aliphatic heterocycles. The van der Waals surface area contributed by atoms with E-state index in [9.17, 15) is 5.11 Å². The summed E-state index contributed by atoms with van der Waals surface area (Å²) >= 11 is 0. The number of hydrogen-bond acceptors (Lipinski definition) is 4. The maximum absolute atomic E-state index is 10.5. The van der Waals surface area contributed by atoms with Crippen molar-refractivity contribution in [3.8, 4) is 5.75 Å². The highest BCUT2D eigenvalue weighted by Gasteiger charge is 2.25. The molecule has 2 atom stereocenters. The van der Waals surface area contributed by atoms with Gasteiger partial charge in [-0.25, -0.2) is 0 Å². The molecule has 0 saturated heterocycles. The molecule has 0 bridgehead atoms. The van der Waals surface area contributed by atoms with Crippen molar-refractivity contribution in [1.29, 1.82) is 0 Å². The molecule has 5 nitrogen and oxygen atoms in total. The lowest BCUT2D eigenvalue weighted by Crippen LogP contribution is -2.36. The second kappa shape index (κ2) is 6.28. The van der Waals surface area contributed by atoms with Gasteiger partial charge in [0.05, 0.1) is 13.3 Å². The highest BCUT2D eigenvalue weighted by molar-refractivity contribution is 5.29. The van der Waals surface area contributed by atoms with Crippen LogP contribution in [0.5, 0.6) is 5.75 Å². The van der Waals surface area contributed by atoms with Crippen LogP contribution in [0, 0.1) is 0 Å². The van der Waals surface area contributed by atoms with E-state index in [0.29, 0.717) is 6.54 Å². The van der Waals surface area contributed by atoms with Crippen LogP contribution in [0.4, 0.5) is 0 Å². The first-order valence-electron chi connectivity index (χ1n) is 7.01. The lowest BCUT2D eigenvalue weighted by atomic mass is 9.98. The van der Waals surface area contributed by atoms with Crippen LogP contribution in [0.15, 0.2) is 36.7 Å². The fourth-order valence-corrected chi connectivity index (χ4v) is 2.16. The molecule has 2 aromatic rings. The van der Waals surface area contributed by atoms with Crippen molar-refractivity contribution in [2.75, 3.05) is 13.7 Å². The second-order valence-electron chi connectivity index (χ2n) is 5.55. The average Bonchev–Trinajstić information content (AvgIpc) is 2.92. The topological polar surface area (TPSA) is 59.3 Å². The first-order chi connectivity index (χ1) is 9.92. The Labute approximate surface area is 125 Å². The number of rotatable bonds is 6. The molecule has 2 N–H and O–H groups in total. The Morgan fingerprint density at radius 1 is 1.38 bits per heavy atom. The van der Waals surface area contributed by atoms with Gasteiger partial charge < -0.3 is 15.2 Å². The summed E-state index contributed by atoms with van der Waals surface area (Å²) in [5, 5.41) is 18.0. The molecule has 1 heterocycles. The Bertz CT molecular complexity index is 575. The van der Waals surface area contributed by atoms with Crippen molar-refractivity contribution in [2.45, 2.75) is 25.5 Å². The molecule has 0 aliphatic rings. The Morgan fingerprint density at radius 3 is 2.57 bits per heavy atom. The van der Waals surface area contributed by atoms with Gasteiger partial charge in [-0.15, -0.1) is 0 Å². The number of aliphatic hydroxyl groups is 1. The molecule has 0 aliphatic carbocycles. The largest absolute Gasteiger partial charge is 0.497 e. The maximum atomic E-state index is 10.5. The van der Waals surface area contributed by atoms with Crippen LogP contribution in [-0.2, 0) is 12.6 Å². The van der Waals surface area contributed by atoms with Gasteiger partial charge in [-0.3, -0.25) is 4.68 Å². The molecule has 5 heteroatoms. The second-order valence-corrected chi connectivity index (χ2v) is 5.55. The van der Waals surface area contributed by atoms with E-state index >= 15 is 0 Å². The molecule has 2 unspecified atom stereocenters. The minimum atomic E-state index is -0.949. The number of hydrogen-bond donors (Lipinski definition) is 2. The number of ether oxygens (including phenoxy) is 1. The van der Waals surface area contributed by atoms with Crippen LogP contribution in [0.1, 0.15) is 31.0 Å². The molecule has 0 spiro atoms. The summed E-state index contributed by atoms with van der Waals surface area (Å²) in [6.07, 6.45) is 3.53. The average molecular weight is 289 g/mol. The fraction of sp³-hybridized carbons (Fsp3) is 0.438. The standard InChI is InChI=1S/C16H23N3O2/c1-12(13-5-7-15(21-4)8-6-13)17-11-16(2,20)14-9-18-19(3)10-14/h5-10,12,17,20H,11H2,1-4H3. The van der Waals surface area contributed by atoms with Crippen LogP contribution in [-0.4, -0.2) is 28.5 Å². The van der Waals surface area contributed by atoms with Crippen molar-refractivity contribution < 1.29 is 9.84 Å². The van der Waals surface area contributed by atoms with E-state index in [-0.39, 0.29) is 6.04 Å². The van der Waals surface area contributed by atoms with Crippen LogP contribution < -0.4 is 10.1 Å². The highest BCUT2D eigenvalue weighted by atomic mass is 16.5. The van der Waals surface area contributed by atoms with Gasteiger partial charge >= 0.3 is 0 Å². The Balaban J connectivity index is 1.97. The molecular formula is C16H23N3O2. The monoisotopic (exact) mass is 289 g/mol. The Morgan fingerprint density at radius 2 is 2.05 bits per heavy atom. The van der Waals surface area contributed by atoms with E-state index < -0.39 is 5.60 Å². The molecule has 21 heavy (non-hydrogen) atoms. The molecule has 1 aromatic carbocycles. The molecule has 0 saturated carbocycles. The third-order valence-corrected chi connectivity index (χ3v) is 3.70. The first kappa shape index (κ1) is 15.5.